The first kappa shape index (κ1) is 13.9. The maximum Gasteiger partial charge on any atom is 0.271 e. The second-order valence-corrected chi connectivity index (χ2v) is 5.02. The molecular weight excluding hydrogens is 280 g/mol. The summed E-state index contributed by atoms with van der Waals surface area (Å²) < 4.78 is 0. The zero-order chi connectivity index (χ0) is 15.5. The van der Waals surface area contributed by atoms with Crippen molar-refractivity contribution < 1.29 is 4.92 Å². The fraction of sp³-hybridized carbons (Fsp3) is 0.125. The number of nitrogens with one attached hydrogen (secondary N) is 2. The molecule has 0 saturated heterocycles. The van der Waals surface area contributed by atoms with E-state index in [2.05, 4.69) is 10.7 Å². The van der Waals surface area contributed by atoms with Crippen LogP contribution in [0.3, 0.4) is 0 Å². The molecule has 3 rings (SSSR count). The molecule has 2 N–H and O–H groups in total. The van der Waals surface area contributed by atoms with Crippen LogP contribution in [-0.2, 0) is 0 Å². The van der Waals surface area contributed by atoms with Gasteiger partial charge in [0.15, 0.2) is 0 Å². The quantitative estimate of drug-likeness (QED) is 0.670. The second kappa shape index (κ2) is 5.77. The Bertz CT molecular complexity index is 728. The third-order valence-electron chi connectivity index (χ3n) is 3.50. The number of anilines is 1. The normalized spacial score (nSPS) is 14.0. The van der Waals surface area contributed by atoms with Crippen LogP contribution < -0.4 is 10.7 Å². The van der Waals surface area contributed by atoms with E-state index in [1.165, 1.54) is 12.1 Å². The molecule has 0 fully saturated rings. The summed E-state index contributed by atoms with van der Waals surface area (Å²) in [7, 11) is 0. The zero-order valence-corrected chi connectivity index (χ0v) is 12.1. The Kier molecular flexibility index (Phi) is 3.65. The Hall–Kier alpha value is -3.02. The minimum atomic E-state index is -0.396. The number of benzene rings is 2. The smallest absolute Gasteiger partial charge is 0.271 e. The van der Waals surface area contributed by atoms with Crippen molar-refractivity contribution in [2.75, 3.05) is 12.1 Å². The Morgan fingerprint density at radius 3 is 2.68 bits per heavy atom. The van der Waals surface area contributed by atoms with Crippen LogP contribution in [0.2, 0.25) is 0 Å². The minimum Gasteiger partial charge on any atom is -0.368 e. The number of nitro groups is 1. The monoisotopic (exact) mass is 296 g/mol. The van der Waals surface area contributed by atoms with Crippen LogP contribution in [0.25, 0.3) is 5.70 Å². The molecule has 112 valence electrons. The van der Waals surface area contributed by atoms with Crippen LogP contribution in [0, 0.1) is 10.1 Å². The van der Waals surface area contributed by atoms with E-state index in [1.54, 1.807) is 6.07 Å². The third-order valence-corrected chi connectivity index (χ3v) is 3.50. The number of hydrogen-bond donors (Lipinski definition) is 2. The SMILES string of the molecule is CC1=C(c2ccccc2)N(Nc2cccc([N+](=O)[O-])c2)CN1. The van der Waals surface area contributed by atoms with E-state index in [1.807, 2.05) is 48.3 Å². The molecule has 0 radical (unpaired) electrons. The molecule has 0 atom stereocenters. The van der Waals surface area contributed by atoms with E-state index in [0.29, 0.717) is 12.4 Å². The second-order valence-electron chi connectivity index (χ2n) is 5.02. The summed E-state index contributed by atoms with van der Waals surface area (Å²) in [5.41, 5.74) is 7.15. The van der Waals surface area contributed by atoms with Crippen molar-refractivity contribution in [1.29, 1.82) is 0 Å². The first-order valence-electron chi connectivity index (χ1n) is 6.94. The van der Waals surface area contributed by atoms with Gasteiger partial charge in [0, 0.05) is 23.4 Å². The number of hydrogen-bond acceptors (Lipinski definition) is 5. The van der Waals surface area contributed by atoms with Gasteiger partial charge in [-0.1, -0.05) is 36.4 Å². The lowest BCUT2D eigenvalue weighted by Gasteiger charge is -2.23. The maximum atomic E-state index is 10.9. The standard InChI is InChI=1S/C16H16N4O2/c1-12-16(13-6-3-2-4-7-13)19(11-17-12)18-14-8-5-9-15(10-14)20(21)22/h2-10,17-18H,11H2,1H3. The average molecular weight is 296 g/mol. The first-order valence-corrected chi connectivity index (χ1v) is 6.94. The van der Waals surface area contributed by atoms with Gasteiger partial charge in [0.2, 0.25) is 0 Å². The average Bonchev–Trinajstić information content (AvgIpc) is 2.89. The van der Waals surface area contributed by atoms with Crippen molar-refractivity contribution in [1.82, 2.24) is 10.3 Å². The van der Waals surface area contributed by atoms with Crippen LogP contribution >= 0.6 is 0 Å². The molecule has 0 bridgehead atoms. The van der Waals surface area contributed by atoms with Gasteiger partial charge in [0.1, 0.15) is 6.67 Å². The molecule has 22 heavy (non-hydrogen) atoms. The molecule has 0 saturated carbocycles. The van der Waals surface area contributed by atoms with Gasteiger partial charge in [0.05, 0.1) is 16.3 Å². The van der Waals surface area contributed by atoms with Gasteiger partial charge in [-0.15, -0.1) is 0 Å². The highest BCUT2D eigenvalue weighted by Crippen LogP contribution is 2.27. The van der Waals surface area contributed by atoms with E-state index in [9.17, 15) is 10.1 Å². The lowest BCUT2D eigenvalue weighted by atomic mass is 10.1. The summed E-state index contributed by atoms with van der Waals surface area (Å²) in [6, 6.07) is 16.5. The summed E-state index contributed by atoms with van der Waals surface area (Å²) in [5.74, 6) is 0. The molecule has 2 aromatic carbocycles. The van der Waals surface area contributed by atoms with Gasteiger partial charge in [-0.2, -0.15) is 0 Å². The number of nitro benzene ring substituents is 1. The number of non-ortho nitro benzene ring substituents is 1. The van der Waals surface area contributed by atoms with Gasteiger partial charge in [-0.25, -0.2) is 0 Å². The topological polar surface area (TPSA) is 70.4 Å². The fourth-order valence-corrected chi connectivity index (χ4v) is 2.47. The molecular formula is C16H16N4O2. The van der Waals surface area contributed by atoms with Crippen LogP contribution in [-0.4, -0.2) is 16.6 Å². The number of hydrazine groups is 1. The summed E-state index contributed by atoms with van der Waals surface area (Å²) in [4.78, 5) is 10.5. The highest BCUT2D eigenvalue weighted by molar-refractivity contribution is 5.70. The minimum absolute atomic E-state index is 0.0686. The summed E-state index contributed by atoms with van der Waals surface area (Å²) in [5, 5.41) is 16.1. The summed E-state index contributed by atoms with van der Waals surface area (Å²) in [6.45, 7) is 2.61. The van der Waals surface area contributed by atoms with Crippen molar-refractivity contribution in [2.45, 2.75) is 6.92 Å². The van der Waals surface area contributed by atoms with Gasteiger partial charge in [-0.3, -0.25) is 20.5 Å². The Balaban J connectivity index is 1.86. The fourth-order valence-electron chi connectivity index (χ4n) is 2.47. The van der Waals surface area contributed by atoms with Crippen LogP contribution in [0.4, 0.5) is 11.4 Å². The molecule has 0 spiro atoms. The molecule has 1 aliphatic heterocycles. The van der Waals surface area contributed by atoms with Crippen molar-refractivity contribution >= 4 is 17.1 Å². The van der Waals surface area contributed by atoms with E-state index in [0.717, 1.165) is 17.0 Å². The number of nitrogens with zero attached hydrogens (tertiary/aromatic N) is 2. The highest BCUT2D eigenvalue weighted by atomic mass is 16.6. The summed E-state index contributed by atoms with van der Waals surface area (Å²) >= 11 is 0. The van der Waals surface area contributed by atoms with Gasteiger partial charge in [0.25, 0.3) is 5.69 Å². The van der Waals surface area contributed by atoms with Crippen molar-refractivity contribution in [3.8, 4) is 0 Å². The zero-order valence-electron chi connectivity index (χ0n) is 12.1. The maximum absolute atomic E-state index is 10.9. The molecule has 0 aromatic heterocycles. The van der Waals surface area contributed by atoms with Gasteiger partial charge in [-0.05, 0) is 13.0 Å². The van der Waals surface area contributed by atoms with E-state index in [4.69, 9.17) is 0 Å². The Morgan fingerprint density at radius 1 is 1.18 bits per heavy atom. The summed E-state index contributed by atoms with van der Waals surface area (Å²) in [6.07, 6.45) is 0. The van der Waals surface area contributed by atoms with Crippen LogP contribution in [0.5, 0.6) is 0 Å². The van der Waals surface area contributed by atoms with Crippen LogP contribution in [0.1, 0.15) is 12.5 Å². The van der Waals surface area contributed by atoms with Crippen molar-refractivity contribution in [3.63, 3.8) is 0 Å². The van der Waals surface area contributed by atoms with E-state index < -0.39 is 4.92 Å². The van der Waals surface area contributed by atoms with E-state index in [-0.39, 0.29) is 5.69 Å². The molecule has 0 amide bonds. The molecule has 0 unspecified atom stereocenters. The van der Waals surface area contributed by atoms with Crippen molar-refractivity contribution in [2.24, 2.45) is 0 Å². The van der Waals surface area contributed by atoms with Crippen molar-refractivity contribution in [3.05, 3.63) is 76.0 Å². The Morgan fingerprint density at radius 2 is 1.95 bits per heavy atom. The van der Waals surface area contributed by atoms with E-state index >= 15 is 0 Å². The largest absolute Gasteiger partial charge is 0.368 e. The van der Waals surface area contributed by atoms with Crippen LogP contribution in [0.15, 0.2) is 60.3 Å². The molecule has 2 aromatic rings. The lowest BCUT2D eigenvalue weighted by Crippen LogP contribution is -2.29. The highest BCUT2D eigenvalue weighted by Gasteiger charge is 2.21. The number of allylic oxidation sites excluding steroid dienone is 1. The third kappa shape index (κ3) is 2.71. The number of rotatable bonds is 4. The molecule has 0 aliphatic carbocycles. The molecule has 6 nitrogen and oxygen atoms in total. The first-order chi connectivity index (χ1) is 10.6. The lowest BCUT2D eigenvalue weighted by molar-refractivity contribution is -0.384. The predicted octanol–water partition coefficient (Wildman–Crippen LogP) is 3.17. The molecule has 6 heteroatoms. The van der Waals surface area contributed by atoms with Gasteiger partial charge >= 0.3 is 0 Å². The van der Waals surface area contributed by atoms with Gasteiger partial charge < -0.3 is 5.32 Å². The molecule has 1 aliphatic rings. The molecule has 1 heterocycles. The predicted molar refractivity (Wildman–Crippen MR) is 85.6 cm³/mol. The Labute approximate surface area is 128 Å².